The summed E-state index contributed by atoms with van der Waals surface area (Å²) in [5.74, 6) is 0.137. The zero-order chi connectivity index (χ0) is 23.1. The Morgan fingerprint density at radius 1 is 0.969 bits per heavy atom. The fourth-order valence-electron chi connectivity index (χ4n) is 3.50. The van der Waals surface area contributed by atoms with Gasteiger partial charge in [-0.15, -0.1) is 0 Å². The van der Waals surface area contributed by atoms with Crippen LogP contribution in [0.2, 0.25) is 10.0 Å². The quantitative estimate of drug-likeness (QED) is 0.636. The molecule has 0 spiro atoms. The Bertz CT molecular complexity index is 963. The van der Waals surface area contributed by atoms with Gasteiger partial charge in [0.25, 0.3) is 11.8 Å². The summed E-state index contributed by atoms with van der Waals surface area (Å²) in [5.41, 5.74) is 0.911. The van der Waals surface area contributed by atoms with Gasteiger partial charge in [0.05, 0.1) is 10.6 Å². The SMILES string of the molecule is CSCCC(NC(=O)c1ccccc1Cl)C(=O)N1CCN(C(=O)c2ccc(Cl)cc2)CC1. The molecule has 2 aromatic carbocycles. The van der Waals surface area contributed by atoms with Crippen molar-refractivity contribution in [1.29, 1.82) is 0 Å². The lowest BCUT2D eigenvalue weighted by atomic mass is 10.1. The Balaban J connectivity index is 1.62. The molecule has 32 heavy (non-hydrogen) atoms. The second-order valence-electron chi connectivity index (χ2n) is 7.41. The smallest absolute Gasteiger partial charge is 0.253 e. The highest BCUT2D eigenvalue weighted by Gasteiger charge is 2.30. The first-order valence-corrected chi connectivity index (χ1v) is 12.4. The highest BCUT2D eigenvalue weighted by Crippen LogP contribution is 2.17. The van der Waals surface area contributed by atoms with Crippen LogP contribution >= 0.6 is 35.0 Å². The van der Waals surface area contributed by atoms with E-state index in [-0.39, 0.29) is 17.7 Å². The van der Waals surface area contributed by atoms with Crippen LogP contribution in [0.1, 0.15) is 27.1 Å². The fraction of sp³-hybridized carbons (Fsp3) is 0.348. The molecule has 0 aromatic heterocycles. The van der Waals surface area contributed by atoms with Crippen LogP contribution < -0.4 is 5.32 Å². The summed E-state index contributed by atoms with van der Waals surface area (Å²) >= 11 is 13.6. The van der Waals surface area contributed by atoms with E-state index in [2.05, 4.69) is 5.32 Å². The van der Waals surface area contributed by atoms with Crippen LogP contribution in [0.3, 0.4) is 0 Å². The maximum Gasteiger partial charge on any atom is 0.253 e. The van der Waals surface area contributed by atoms with Gasteiger partial charge in [0, 0.05) is 36.8 Å². The standard InChI is InChI=1S/C23H25Cl2N3O3S/c1-32-15-10-20(26-21(29)18-4-2-3-5-19(18)25)23(31)28-13-11-27(12-14-28)22(30)16-6-8-17(24)9-7-16/h2-9,20H,10-15H2,1H3,(H,26,29). The number of halogens is 2. The number of rotatable bonds is 7. The van der Waals surface area contributed by atoms with Crippen molar-refractivity contribution in [3.8, 4) is 0 Å². The molecule has 1 unspecified atom stereocenters. The lowest BCUT2D eigenvalue weighted by Crippen LogP contribution is -2.56. The number of amides is 3. The van der Waals surface area contributed by atoms with Gasteiger partial charge in [0.2, 0.25) is 5.91 Å². The normalized spacial score (nSPS) is 14.7. The van der Waals surface area contributed by atoms with Crippen molar-refractivity contribution >= 4 is 52.7 Å². The van der Waals surface area contributed by atoms with Gasteiger partial charge in [-0.05, 0) is 54.8 Å². The Morgan fingerprint density at radius 2 is 1.59 bits per heavy atom. The molecular formula is C23H25Cl2N3O3S. The molecule has 1 N–H and O–H groups in total. The first-order chi connectivity index (χ1) is 15.4. The van der Waals surface area contributed by atoms with Gasteiger partial charge < -0.3 is 15.1 Å². The molecule has 3 amide bonds. The summed E-state index contributed by atoms with van der Waals surface area (Å²) in [6, 6.07) is 12.9. The third-order valence-corrected chi connectivity index (χ3v) is 6.53. The maximum absolute atomic E-state index is 13.2. The maximum atomic E-state index is 13.2. The largest absolute Gasteiger partial charge is 0.340 e. The van der Waals surface area contributed by atoms with Gasteiger partial charge in [-0.3, -0.25) is 14.4 Å². The molecule has 1 aliphatic rings. The molecule has 3 rings (SSSR count). The molecule has 1 atom stereocenters. The predicted molar refractivity (Wildman–Crippen MR) is 130 cm³/mol. The van der Waals surface area contributed by atoms with Crippen molar-refractivity contribution in [3.63, 3.8) is 0 Å². The van der Waals surface area contributed by atoms with Crippen molar-refractivity contribution in [2.45, 2.75) is 12.5 Å². The van der Waals surface area contributed by atoms with E-state index in [0.29, 0.717) is 53.8 Å². The number of thioether (sulfide) groups is 1. The van der Waals surface area contributed by atoms with Crippen LogP contribution in [0.4, 0.5) is 0 Å². The number of hydrogen-bond acceptors (Lipinski definition) is 4. The van der Waals surface area contributed by atoms with Crippen molar-refractivity contribution in [3.05, 3.63) is 69.7 Å². The van der Waals surface area contributed by atoms with Crippen molar-refractivity contribution < 1.29 is 14.4 Å². The van der Waals surface area contributed by atoms with Gasteiger partial charge in [-0.25, -0.2) is 0 Å². The van der Waals surface area contributed by atoms with Crippen LogP contribution in [0.15, 0.2) is 48.5 Å². The summed E-state index contributed by atoms with van der Waals surface area (Å²) < 4.78 is 0. The summed E-state index contributed by atoms with van der Waals surface area (Å²) in [6.07, 6.45) is 2.47. The fourth-order valence-corrected chi connectivity index (χ4v) is 4.32. The zero-order valence-corrected chi connectivity index (χ0v) is 20.1. The van der Waals surface area contributed by atoms with Crippen LogP contribution in [-0.2, 0) is 4.79 Å². The van der Waals surface area contributed by atoms with E-state index < -0.39 is 6.04 Å². The minimum Gasteiger partial charge on any atom is -0.340 e. The highest BCUT2D eigenvalue weighted by molar-refractivity contribution is 7.98. The third-order valence-electron chi connectivity index (χ3n) is 5.30. The molecule has 0 saturated carbocycles. The van der Waals surface area contributed by atoms with Gasteiger partial charge in [-0.1, -0.05) is 35.3 Å². The molecule has 0 aliphatic carbocycles. The average Bonchev–Trinajstić information content (AvgIpc) is 2.81. The molecule has 9 heteroatoms. The number of nitrogens with zero attached hydrogens (tertiary/aromatic N) is 2. The second kappa shape index (κ2) is 11.6. The van der Waals surface area contributed by atoms with Gasteiger partial charge in [0.15, 0.2) is 0 Å². The van der Waals surface area contributed by atoms with E-state index in [9.17, 15) is 14.4 Å². The van der Waals surface area contributed by atoms with Crippen molar-refractivity contribution in [1.82, 2.24) is 15.1 Å². The van der Waals surface area contributed by atoms with E-state index in [4.69, 9.17) is 23.2 Å². The van der Waals surface area contributed by atoms with Crippen molar-refractivity contribution in [2.24, 2.45) is 0 Å². The molecular weight excluding hydrogens is 469 g/mol. The van der Waals surface area contributed by atoms with Crippen LogP contribution in [-0.4, -0.2) is 71.8 Å². The molecule has 1 saturated heterocycles. The van der Waals surface area contributed by atoms with Gasteiger partial charge >= 0.3 is 0 Å². The summed E-state index contributed by atoms with van der Waals surface area (Å²) in [6.45, 7) is 1.69. The van der Waals surface area contributed by atoms with E-state index in [1.807, 2.05) is 6.26 Å². The van der Waals surface area contributed by atoms with Gasteiger partial charge in [-0.2, -0.15) is 11.8 Å². The van der Waals surface area contributed by atoms with Gasteiger partial charge in [0.1, 0.15) is 6.04 Å². The monoisotopic (exact) mass is 493 g/mol. The lowest BCUT2D eigenvalue weighted by Gasteiger charge is -2.36. The predicted octanol–water partition coefficient (Wildman–Crippen LogP) is 3.83. The molecule has 170 valence electrons. The number of carbonyl (C=O) groups is 3. The topological polar surface area (TPSA) is 69.7 Å². The molecule has 6 nitrogen and oxygen atoms in total. The van der Waals surface area contributed by atoms with Crippen LogP contribution in [0.25, 0.3) is 0 Å². The minimum absolute atomic E-state index is 0.0836. The second-order valence-corrected chi connectivity index (χ2v) is 9.24. The Labute approximate surface area is 202 Å². The number of nitrogens with one attached hydrogen (secondary N) is 1. The molecule has 0 bridgehead atoms. The first kappa shape index (κ1) is 24.4. The Morgan fingerprint density at radius 3 is 2.22 bits per heavy atom. The Hall–Kier alpha value is -2.22. The number of hydrogen-bond donors (Lipinski definition) is 1. The first-order valence-electron chi connectivity index (χ1n) is 10.3. The number of carbonyl (C=O) groups excluding carboxylic acids is 3. The number of benzene rings is 2. The highest BCUT2D eigenvalue weighted by atomic mass is 35.5. The van der Waals surface area contributed by atoms with E-state index >= 15 is 0 Å². The third kappa shape index (κ3) is 6.18. The Kier molecular flexibility index (Phi) is 8.84. The molecule has 2 aromatic rings. The average molecular weight is 494 g/mol. The minimum atomic E-state index is -0.648. The van der Waals surface area contributed by atoms with E-state index in [1.54, 1.807) is 70.1 Å². The lowest BCUT2D eigenvalue weighted by molar-refractivity contribution is -0.134. The molecule has 0 radical (unpaired) electrons. The summed E-state index contributed by atoms with van der Waals surface area (Å²) in [5, 5.41) is 3.77. The van der Waals surface area contributed by atoms with E-state index in [0.717, 1.165) is 5.75 Å². The zero-order valence-electron chi connectivity index (χ0n) is 17.7. The number of piperazine rings is 1. The van der Waals surface area contributed by atoms with Crippen LogP contribution in [0, 0.1) is 0 Å². The molecule has 1 fully saturated rings. The molecule has 1 heterocycles. The van der Waals surface area contributed by atoms with Crippen molar-refractivity contribution in [2.75, 3.05) is 38.2 Å². The van der Waals surface area contributed by atoms with E-state index in [1.165, 1.54) is 0 Å². The molecule has 1 aliphatic heterocycles. The summed E-state index contributed by atoms with van der Waals surface area (Å²) in [7, 11) is 0. The summed E-state index contributed by atoms with van der Waals surface area (Å²) in [4.78, 5) is 42.0. The van der Waals surface area contributed by atoms with Crippen LogP contribution in [0.5, 0.6) is 0 Å².